The van der Waals surface area contributed by atoms with Crippen molar-refractivity contribution < 1.29 is 22.3 Å². The van der Waals surface area contributed by atoms with E-state index in [0.29, 0.717) is 28.2 Å². The normalized spacial score (nSPS) is 15.4. The molecule has 29 heavy (non-hydrogen) atoms. The Kier molecular flexibility index (Phi) is 5.38. The minimum absolute atomic E-state index is 0.0207. The molecule has 1 fully saturated rings. The maximum absolute atomic E-state index is 13.1. The lowest BCUT2D eigenvalue weighted by molar-refractivity contribution is 0.162. The summed E-state index contributed by atoms with van der Waals surface area (Å²) < 4.78 is 45.9. The molecule has 1 aromatic heterocycles. The number of nitrogens with one attached hydrogen (secondary N) is 2. The number of hydrogen-bond donors (Lipinski definition) is 2. The van der Waals surface area contributed by atoms with Gasteiger partial charge in [-0.05, 0) is 62.7 Å². The Morgan fingerprint density at radius 2 is 1.90 bits per heavy atom. The van der Waals surface area contributed by atoms with Crippen LogP contribution < -0.4 is 19.5 Å². The Morgan fingerprint density at radius 1 is 1.10 bits per heavy atom. The van der Waals surface area contributed by atoms with Crippen molar-refractivity contribution in [3.05, 3.63) is 48.2 Å². The molecule has 0 unspecified atom stereocenters. The number of aryl methyl sites for hydroxylation is 1. The highest BCUT2D eigenvalue weighted by Gasteiger charge is 2.23. The molecule has 154 valence electrons. The molecule has 0 atom stereocenters. The number of sulfonamides is 1. The van der Waals surface area contributed by atoms with Crippen LogP contribution in [0.1, 0.15) is 18.4 Å². The van der Waals surface area contributed by atoms with Crippen molar-refractivity contribution in [3.63, 3.8) is 0 Å². The number of piperidine rings is 1. The van der Waals surface area contributed by atoms with Crippen LogP contribution in [0.3, 0.4) is 0 Å². The van der Waals surface area contributed by atoms with Gasteiger partial charge in [0, 0.05) is 11.5 Å². The van der Waals surface area contributed by atoms with Gasteiger partial charge in [0.2, 0.25) is 0 Å². The SMILES string of the molecule is COc1ccc(C)cc1NS(=O)(=O)c1cc(OC2CCNCC2)c2occc2c1. The zero-order chi connectivity index (χ0) is 20.4. The standard InChI is InChI=1S/C21H24N2O5S/c1-14-3-4-19(26-2)18(11-14)23-29(24,25)17-12-15-7-10-27-21(15)20(13-17)28-16-5-8-22-9-6-16/h3-4,7,10-13,16,22-23H,5-6,8-9H2,1-2H3. The van der Waals surface area contributed by atoms with Gasteiger partial charge in [-0.2, -0.15) is 0 Å². The van der Waals surface area contributed by atoms with E-state index in [1.54, 1.807) is 24.3 Å². The molecule has 8 heteroatoms. The fourth-order valence-electron chi connectivity index (χ4n) is 3.46. The lowest BCUT2D eigenvalue weighted by Crippen LogP contribution is -2.34. The number of furan rings is 1. The minimum Gasteiger partial charge on any atom is -0.495 e. The molecule has 4 rings (SSSR count). The van der Waals surface area contributed by atoms with Gasteiger partial charge in [-0.3, -0.25) is 4.72 Å². The average Bonchev–Trinajstić information content (AvgIpc) is 3.18. The second kappa shape index (κ2) is 7.96. The van der Waals surface area contributed by atoms with Crippen molar-refractivity contribution in [2.75, 3.05) is 24.9 Å². The van der Waals surface area contributed by atoms with Crippen molar-refractivity contribution in [3.8, 4) is 11.5 Å². The fourth-order valence-corrected chi connectivity index (χ4v) is 4.57. The van der Waals surface area contributed by atoms with Gasteiger partial charge in [0.15, 0.2) is 11.3 Å². The van der Waals surface area contributed by atoms with Crippen molar-refractivity contribution >= 4 is 26.7 Å². The molecule has 2 aromatic carbocycles. The van der Waals surface area contributed by atoms with Crippen LogP contribution in [0.15, 0.2) is 52.0 Å². The number of rotatable bonds is 6. The molecule has 0 radical (unpaired) electrons. The van der Waals surface area contributed by atoms with Crippen LogP contribution in [0.5, 0.6) is 11.5 Å². The van der Waals surface area contributed by atoms with Gasteiger partial charge < -0.3 is 19.2 Å². The monoisotopic (exact) mass is 416 g/mol. The zero-order valence-corrected chi connectivity index (χ0v) is 17.2. The predicted molar refractivity (Wildman–Crippen MR) is 111 cm³/mol. The Bertz CT molecular complexity index is 1120. The Labute approximate surface area is 170 Å². The van der Waals surface area contributed by atoms with E-state index in [4.69, 9.17) is 13.9 Å². The number of hydrogen-bond acceptors (Lipinski definition) is 6. The molecule has 1 aliphatic heterocycles. The van der Waals surface area contributed by atoms with Crippen molar-refractivity contribution in [2.45, 2.75) is 30.8 Å². The number of ether oxygens (including phenoxy) is 2. The summed E-state index contributed by atoms with van der Waals surface area (Å²) in [4.78, 5) is 0.110. The molecule has 2 N–H and O–H groups in total. The van der Waals surface area contributed by atoms with Crippen LogP contribution in [0.2, 0.25) is 0 Å². The first-order chi connectivity index (χ1) is 14.0. The van der Waals surface area contributed by atoms with E-state index in [1.165, 1.54) is 19.4 Å². The summed E-state index contributed by atoms with van der Waals surface area (Å²) in [5.74, 6) is 0.894. The Balaban J connectivity index is 1.70. The van der Waals surface area contributed by atoms with Gasteiger partial charge in [0.05, 0.1) is 24.0 Å². The summed E-state index contributed by atoms with van der Waals surface area (Å²) >= 11 is 0. The highest BCUT2D eigenvalue weighted by atomic mass is 32.2. The van der Waals surface area contributed by atoms with Crippen LogP contribution in [-0.2, 0) is 10.0 Å². The van der Waals surface area contributed by atoms with Crippen LogP contribution >= 0.6 is 0 Å². The van der Waals surface area contributed by atoms with Gasteiger partial charge in [-0.25, -0.2) is 8.42 Å². The van der Waals surface area contributed by atoms with Gasteiger partial charge >= 0.3 is 0 Å². The first-order valence-electron chi connectivity index (χ1n) is 9.52. The smallest absolute Gasteiger partial charge is 0.262 e. The summed E-state index contributed by atoms with van der Waals surface area (Å²) in [6, 6.07) is 10.2. The summed E-state index contributed by atoms with van der Waals surface area (Å²) in [5.41, 5.74) is 1.86. The predicted octanol–water partition coefficient (Wildman–Crippen LogP) is 3.68. The molecule has 1 aliphatic rings. The lowest BCUT2D eigenvalue weighted by atomic mass is 10.1. The second-order valence-electron chi connectivity index (χ2n) is 7.14. The third-order valence-corrected chi connectivity index (χ3v) is 6.32. The number of methoxy groups -OCH3 is 1. The third kappa shape index (κ3) is 4.18. The van der Waals surface area contributed by atoms with Crippen LogP contribution in [0, 0.1) is 6.92 Å². The summed E-state index contributed by atoms with van der Waals surface area (Å²) in [6.07, 6.45) is 3.27. The molecule has 2 heterocycles. The molecule has 0 saturated carbocycles. The Hall–Kier alpha value is -2.71. The molecule has 3 aromatic rings. The molecular weight excluding hydrogens is 392 g/mol. The molecule has 0 aliphatic carbocycles. The van der Waals surface area contributed by atoms with Gasteiger partial charge in [0.25, 0.3) is 10.0 Å². The largest absolute Gasteiger partial charge is 0.495 e. The van der Waals surface area contributed by atoms with E-state index in [0.717, 1.165) is 31.5 Å². The minimum atomic E-state index is -3.86. The number of benzene rings is 2. The lowest BCUT2D eigenvalue weighted by Gasteiger charge is -2.24. The quantitative estimate of drug-likeness (QED) is 0.637. The molecular formula is C21H24N2O5S. The van der Waals surface area contributed by atoms with E-state index < -0.39 is 10.0 Å². The Morgan fingerprint density at radius 3 is 2.66 bits per heavy atom. The maximum atomic E-state index is 13.1. The summed E-state index contributed by atoms with van der Waals surface area (Å²) in [7, 11) is -2.35. The van der Waals surface area contributed by atoms with Crippen molar-refractivity contribution in [1.82, 2.24) is 5.32 Å². The van der Waals surface area contributed by atoms with Gasteiger partial charge in [-0.15, -0.1) is 0 Å². The van der Waals surface area contributed by atoms with E-state index >= 15 is 0 Å². The summed E-state index contributed by atoms with van der Waals surface area (Å²) in [5, 5.41) is 3.96. The van der Waals surface area contributed by atoms with Crippen LogP contribution in [0.4, 0.5) is 5.69 Å². The number of anilines is 1. The van der Waals surface area contributed by atoms with Crippen molar-refractivity contribution in [1.29, 1.82) is 0 Å². The van der Waals surface area contributed by atoms with Crippen LogP contribution in [-0.4, -0.2) is 34.7 Å². The maximum Gasteiger partial charge on any atom is 0.262 e. The first-order valence-corrected chi connectivity index (χ1v) is 11.0. The third-order valence-electron chi connectivity index (χ3n) is 4.98. The fraction of sp³-hybridized carbons (Fsp3) is 0.333. The molecule has 0 amide bonds. The van der Waals surface area contributed by atoms with Gasteiger partial charge in [-0.1, -0.05) is 6.07 Å². The molecule has 1 saturated heterocycles. The average molecular weight is 416 g/mol. The molecule has 0 spiro atoms. The molecule has 7 nitrogen and oxygen atoms in total. The highest BCUT2D eigenvalue weighted by molar-refractivity contribution is 7.92. The van der Waals surface area contributed by atoms with E-state index in [1.807, 2.05) is 13.0 Å². The van der Waals surface area contributed by atoms with Crippen LogP contribution in [0.25, 0.3) is 11.0 Å². The van der Waals surface area contributed by atoms with E-state index in [2.05, 4.69) is 10.0 Å². The number of fused-ring (bicyclic) bond motifs is 1. The highest BCUT2D eigenvalue weighted by Crippen LogP contribution is 2.34. The van der Waals surface area contributed by atoms with E-state index in [9.17, 15) is 8.42 Å². The van der Waals surface area contributed by atoms with E-state index in [-0.39, 0.29) is 11.0 Å². The molecule has 0 bridgehead atoms. The van der Waals surface area contributed by atoms with Gasteiger partial charge in [0.1, 0.15) is 11.9 Å². The topological polar surface area (TPSA) is 89.8 Å². The first kappa shape index (κ1) is 19.6. The second-order valence-corrected chi connectivity index (χ2v) is 8.82. The summed E-state index contributed by atoms with van der Waals surface area (Å²) in [6.45, 7) is 3.64. The zero-order valence-electron chi connectivity index (χ0n) is 16.4. The van der Waals surface area contributed by atoms with Crippen molar-refractivity contribution in [2.24, 2.45) is 0 Å².